The van der Waals surface area contributed by atoms with E-state index >= 15 is 0 Å². The van der Waals surface area contributed by atoms with E-state index < -0.39 is 0 Å². The number of likely N-dealkylation sites (N-methyl/N-ethyl adjacent to an activating group) is 1. The highest BCUT2D eigenvalue weighted by Gasteiger charge is 2.09. The van der Waals surface area contributed by atoms with E-state index in [9.17, 15) is 0 Å². The van der Waals surface area contributed by atoms with Crippen molar-refractivity contribution in [3.63, 3.8) is 0 Å². The Labute approximate surface area is 220 Å². The van der Waals surface area contributed by atoms with Crippen LogP contribution < -0.4 is 14.8 Å². The van der Waals surface area contributed by atoms with Crippen LogP contribution in [0.15, 0.2) is 59.9 Å². The molecule has 0 saturated heterocycles. The summed E-state index contributed by atoms with van der Waals surface area (Å²) in [5.41, 5.74) is 3.63. The Morgan fingerprint density at radius 2 is 1.82 bits per heavy atom. The van der Waals surface area contributed by atoms with Gasteiger partial charge in [0.2, 0.25) is 0 Å². The van der Waals surface area contributed by atoms with Gasteiger partial charge in [-0.15, -0.1) is 24.0 Å². The maximum Gasteiger partial charge on any atom is 0.193 e. The number of aromatic nitrogens is 2. The number of halogens is 1. The van der Waals surface area contributed by atoms with Crippen LogP contribution in [-0.2, 0) is 19.5 Å². The highest BCUT2D eigenvalue weighted by Crippen LogP contribution is 2.27. The fourth-order valence-corrected chi connectivity index (χ4v) is 3.67. The highest BCUT2D eigenvalue weighted by atomic mass is 127. The quantitative estimate of drug-likeness (QED) is 0.218. The molecule has 0 aliphatic heterocycles. The van der Waals surface area contributed by atoms with Crippen molar-refractivity contribution in [2.24, 2.45) is 4.99 Å². The molecule has 0 spiro atoms. The molecule has 0 radical (unpaired) electrons. The molecule has 1 heterocycles. The second-order valence-electron chi connectivity index (χ2n) is 7.95. The van der Waals surface area contributed by atoms with Gasteiger partial charge in [-0.1, -0.05) is 30.3 Å². The van der Waals surface area contributed by atoms with Crippen molar-refractivity contribution in [1.82, 2.24) is 19.8 Å². The lowest BCUT2D eigenvalue weighted by molar-refractivity contribution is 0.354. The summed E-state index contributed by atoms with van der Waals surface area (Å²) in [5.74, 6) is 3.41. The van der Waals surface area contributed by atoms with Crippen LogP contribution in [0.1, 0.15) is 29.4 Å². The summed E-state index contributed by atoms with van der Waals surface area (Å²) in [6.07, 6.45) is 4.72. The number of guanidine groups is 1. The molecule has 0 bridgehead atoms. The van der Waals surface area contributed by atoms with Crippen LogP contribution in [0.5, 0.6) is 11.5 Å². The van der Waals surface area contributed by atoms with E-state index in [1.54, 1.807) is 14.2 Å². The normalized spacial score (nSPS) is 11.0. The molecule has 0 aliphatic rings. The molecule has 0 amide bonds. The van der Waals surface area contributed by atoms with Crippen molar-refractivity contribution in [3.05, 3.63) is 77.4 Å². The van der Waals surface area contributed by atoms with Crippen LogP contribution in [0, 0.1) is 6.92 Å². The summed E-state index contributed by atoms with van der Waals surface area (Å²) in [4.78, 5) is 11.4. The van der Waals surface area contributed by atoms with E-state index in [1.807, 2.05) is 31.5 Å². The van der Waals surface area contributed by atoms with Crippen molar-refractivity contribution >= 4 is 29.9 Å². The van der Waals surface area contributed by atoms with E-state index in [0.29, 0.717) is 6.54 Å². The van der Waals surface area contributed by atoms with Crippen LogP contribution in [-0.4, -0.2) is 54.8 Å². The third-order valence-electron chi connectivity index (χ3n) is 5.56. The summed E-state index contributed by atoms with van der Waals surface area (Å²) in [6.45, 7) is 7.20. The third kappa shape index (κ3) is 7.65. The van der Waals surface area contributed by atoms with Crippen LogP contribution in [0.3, 0.4) is 0 Å². The van der Waals surface area contributed by atoms with E-state index in [2.05, 4.69) is 64.1 Å². The van der Waals surface area contributed by atoms with Crippen molar-refractivity contribution in [1.29, 1.82) is 0 Å². The van der Waals surface area contributed by atoms with Gasteiger partial charge in [0.15, 0.2) is 17.5 Å². The number of hydrogen-bond acceptors (Lipinski definition) is 4. The Balaban J connectivity index is 0.00000408. The molecule has 0 fully saturated rings. The van der Waals surface area contributed by atoms with Crippen LogP contribution in [0.2, 0.25) is 0 Å². The standard InChI is InChI=1S/C26H35N5O2.HI/c1-6-27-26(30(3)14-12-21-10-11-24(32-4)25(17-21)33-5)29-18-22-8-7-9-23(16-22)19-31-15-13-28-20(31)2;/h7-11,13,15-17H,6,12,14,18-19H2,1-5H3,(H,27,29);1H. The average Bonchev–Trinajstić information content (AvgIpc) is 3.24. The summed E-state index contributed by atoms with van der Waals surface area (Å²) in [6, 6.07) is 14.6. The minimum absolute atomic E-state index is 0. The SMILES string of the molecule is CCNC(=NCc1cccc(Cn2ccnc2C)c1)N(C)CCc1ccc(OC)c(OC)c1.I. The number of rotatable bonds is 10. The lowest BCUT2D eigenvalue weighted by Gasteiger charge is -2.22. The molecular weight excluding hydrogens is 541 g/mol. The number of nitrogens with zero attached hydrogens (tertiary/aromatic N) is 4. The fourth-order valence-electron chi connectivity index (χ4n) is 3.67. The Kier molecular flexibility index (Phi) is 11.2. The minimum Gasteiger partial charge on any atom is -0.493 e. The third-order valence-corrected chi connectivity index (χ3v) is 5.56. The van der Waals surface area contributed by atoms with Gasteiger partial charge in [0, 0.05) is 39.1 Å². The van der Waals surface area contributed by atoms with Gasteiger partial charge in [-0.05, 0) is 49.1 Å². The first-order valence-electron chi connectivity index (χ1n) is 11.3. The molecule has 34 heavy (non-hydrogen) atoms. The topological polar surface area (TPSA) is 63.9 Å². The molecule has 0 saturated carbocycles. The first kappa shape index (κ1) is 27.5. The molecule has 0 atom stereocenters. The minimum atomic E-state index is 0. The van der Waals surface area contributed by atoms with Crippen molar-refractivity contribution in [3.8, 4) is 11.5 Å². The second-order valence-corrected chi connectivity index (χ2v) is 7.95. The largest absolute Gasteiger partial charge is 0.493 e. The number of aliphatic imine (C=N–C) groups is 1. The molecular formula is C26H36IN5O2. The van der Waals surface area contributed by atoms with Crippen molar-refractivity contribution in [2.45, 2.75) is 33.4 Å². The van der Waals surface area contributed by atoms with Crippen LogP contribution in [0.25, 0.3) is 0 Å². The number of methoxy groups -OCH3 is 2. The van der Waals surface area contributed by atoms with Gasteiger partial charge in [0.1, 0.15) is 5.82 Å². The molecule has 184 valence electrons. The molecule has 1 aromatic heterocycles. The predicted octanol–water partition coefficient (Wildman–Crippen LogP) is 4.52. The maximum atomic E-state index is 5.43. The first-order valence-corrected chi connectivity index (χ1v) is 11.3. The molecule has 3 rings (SSSR count). The fraction of sp³-hybridized carbons (Fsp3) is 0.385. The van der Waals surface area contributed by atoms with Gasteiger partial charge in [0.05, 0.1) is 20.8 Å². The van der Waals surface area contributed by atoms with Gasteiger partial charge in [-0.25, -0.2) is 9.98 Å². The predicted molar refractivity (Wildman–Crippen MR) is 149 cm³/mol. The Morgan fingerprint density at radius 1 is 1.06 bits per heavy atom. The van der Waals surface area contributed by atoms with E-state index in [4.69, 9.17) is 14.5 Å². The van der Waals surface area contributed by atoms with Gasteiger partial charge in [-0.2, -0.15) is 0 Å². The zero-order chi connectivity index (χ0) is 23.6. The Bertz CT molecular complexity index is 1070. The lowest BCUT2D eigenvalue weighted by Crippen LogP contribution is -2.39. The molecule has 0 aliphatic carbocycles. The zero-order valence-corrected chi connectivity index (χ0v) is 23.1. The summed E-state index contributed by atoms with van der Waals surface area (Å²) in [7, 11) is 5.38. The average molecular weight is 578 g/mol. The lowest BCUT2D eigenvalue weighted by atomic mass is 10.1. The number of ether oxygens (including phenoxy) is 2. The summed E-state index contributed by atoms with van der Waals surface area (Å²) < 4.78 is 12.9. The number of aryl methyl sites for hydroxylation is 1. The van der Waals surface area contributed by atoms with Gasteiger partial charge in [-0.3, -0.25) is 0 Å². The molecule has 2 aromatic carbocycles. The molecule has 8 heteroatoms. The van der Waals surface area contributed by atoms with Gasteiger partial charge >= 0.3 is 0 Å². The van der Waals surface area contributed by atoms with Crippen molar-refractivity contribution in [2.75, 3.05) is 34.4 Å². The zero-order valence-electron chi connectivity index (χ0n) is 20.7. The first-order chi connectivity index (χ1) is 16.0. The van der Waals surface area contributed by atoms with Crippen LogP contribution in [0.4, 0.5) is 0 Å². The second kappa shape index (κ2) is 13.8. The number of hydrogen-bond donors (Lipinski definition) is 1. The maximum absolute atomic E-state index is 5.43. The smallest absolute Gasteiger partial charge is 0.193 e. The van der Waals surface area contributed by atoms with Crippen molar-refractivity contribution < 1.29 is 9.47 Å². The van der Waals surface area contributed by atoms with Crippen LogP contribution >= 0.6 is 24.0 Å². The Hall–Kier alpha value is -2.75. The summed E-state index contributed by atoms with van der Waals surface area (Å²) in [5, 5.41) is 3.41. The van der Waals surface area contributed by atoms with E-state index in [1.165, 1.54) is 16.7 Å². The summed E-state index contributed by atoms with van der Waals surface area (Å²) >= 11 is 0. The monoisotopic (exact) mass is 577 g/mol. The molecule has 3 aromatic rings. The highest BCUT2D eigenvalue weighted by molar-refractivity contribution is 14.0. The molecule has 7 nitrogen and oxygen atoms in total. The number of nitrogens with one attached hydrogen (secondary N) is 1. The molecule has 0 unspecified atom stereocenters. The Morgan fingerprint density at radius 3 is 2.50 bits per heavy atom. The van der Waals surface area contributed by atoms with Gasteiger partial charge in [0.25, 0.3) is 0 Å². The molecule has 1 N–H and O–H groups in total. The number of imidazole rings is 1. The van der Waals surface area contributed by atoms with E-state index in [-0.39, 0.29) is 24.0 Å². The number of benzene rings is 2. The van der Waals surface area contributed by atoms with Gasteiger partial charge < -0.3 is 24.3 Å². The van der Waals surface area contributed by atoms with E-state index in [0.717, 1.165) is 49.3 Å².